The van der Waals surface area contributed by atoms with Crippen molar-refractivity contribution in [1.29, 1.82) is 0 Å². The molecule has 1 aromatic rings. The summed E-state index contributed by atoms with van der Waals surface area (Å²) in [6.45, 7) is 7.37. The van der Waals surface area contributed by atoms with E-state index in [0.29, 0.717) is 24.7 Å². The predicted molar refractivity (Wildman–Crippen MR) is 109 cm³/mol. The Bertz CT molecular complexity index is 673. The molecule has 0 atom stereocenters. The average molecular weight is 389 g/mol. The minimum atomic E-state index is -0.559. The average Bonchev–Trinajstić information content (AvgIpc) is 2.86. The fourth-order valence-corrected chi connectivity index (χ4v) is 3.33. The van der Waals surface area contributed by atoms with Gasteiger partial charge in [-0.25, -0.2) is 0 Å². The van der Waals surface area contributed by atoms with E-state index in [9.17, 15) is 14.4 Å². The third-order valence-corrected chi connectivity index (χ3v) is 4.80. The number of anilines is 2. The number of ether oxygens (including phenoxy) is 1. The highest BCUT2D eigenvalue weighted by Gasteiger charge is 2.20. The van der Waals surface area contributed by atoms with E-state index < -0.39 is 11.9 Å². The maximum Gasteiger partial charge on any atom is 0.326 e. The van der Waals surface area contributed by atoms with Crippen molar-refractivity contribution in [2.24, 2.45) is 0 Å². The first kappa shape index (κ1) is 21.7. The molecule has 1 aliphatic heterocycles. The molecule has 7 nitrogen and oxygen atoms in total. The quantitative estimate of drug-likeness (QED) is 0.692. The zero-order valence-corrected chi connectivity index (χ0v) is 17.1. The monoisotopic (exact) mass is 389 g/mol. The highest BCUT2D eigenvalue weighted by molar-refractivity contribution is 5.93. The van der Waals surface area contributed by atoms with Crippen LogP contribution in [-0.2, 0) is 19.1 Å². The summed E-state index contributed by atoms with van der Waals surface area (Å²) in [5.41, 5.74) is 1.73. The van der Waals surface area contributed by atoms with E-state index in [4.69, 9.17) is 4.74 Å². The molecule has 1 N–H and O–H groups in total. The van der Waals surface area contributed by atoms with Crippen LogP contribution >= 0.6 is 0 Å². The summed E-state index contributed by atoms with van der Waals surface area (Å²) in [5, 5.41) is 2.72. The topological polar surface area (TPSA) is 79.0 Å². The van der Waals surface area contributed by atoms with E-state index in [1.165, 1.54) is 4.90 Å². The van der Waals surface area contributed by atoms with Crippen molar-refractivity contribution in [3.05, 3.63) is 24.3 Å². The molecule has 1 heterocycles. The molecule has 7 heteroatoms. The van der Waals surface area contributed by atoms with Gasteiger partial charge >= 0.3 is 5.97 Å². The summed E-state index contributed by atoms with van der Waals surface area (Å²) in [4.78, 5) is 39.6. The van der Waals surface area contributed by atoms with E-state index in [1.54, 1.807) is 0 Å². The SMILES string of the molecule is CCN(c1ccc(NC(=O)COC(=O)CN2CCCCCC2=O)cc1)C(C)C. The molecule has 28 heavy (non-hydrogen) atoms. The maximum absolute atomic E-state index is 12.0. The molecule has 0 unspecified atom stereocenters. The van der Waals surface area contributed by atoms with Crippen LogP contribution in [0.4, 0.5) is 11.4 Å². The molecule has 0 bridgehead atoms. The number of carbonyl (C=O) groups is 3. The number of likely N-dealkylation sites (tertiary alicyclic amines) is 1. The van der Waals surface area contributed by atoms with Gasteiger partial charge in [0.1, 0.15) is 6.54 Å². The molecule has 0 aromatic heterocycles. The number of benzene rings is 1. The van der Waals surface area contributed by atoms with Gasteiger partial charge in [-0.05, 0) is 57.9 Å². The number of hydrogen-bond donors (Lipinski definition) is 1. The fraction of sp³-hybridized carbons (Fsp3) is 0.571. The molecular formula is C21H31N3O4. The van der Waals surface area contributed by atoms with Crippen LogP contribution in [0.15, 0.2) is 24.3 Å². The van der Waals surface area contributed by atoms with Crippen molar-refractivity contribution in [2.75, 3.05) is 36.5 Å². The number of nitrogens with one attached hydrogen (secondary N) is 1. The van der Waals surface area contributed by atoms with Gasteiger partial charge in [0.2, 0.25) is 5.91 Å². The second-order valence-electron chi connectivity index (χ2n) is 7.26. The maximum atomic E-state index is 12.0. The molecule has 154 valence electrons. The van der Waals surface area contributed by atoms with Gasteiger partial charge in [0, 0.05) is 36.9 Å². The van der Waals surface area contributed by atoms with Crippen molar-refractivity contribution in [3.63, 3.8) is 0 Å². The fourth-order valence-electron chi connectivity index (χ4n) is 3.33. The molecule has 2 amide bonds. The van der Waals surface area contributed by atoms with Gasteiger partial charge in [0.05, 0.1) is 0 Å². The summed E-state index contributed by atoms with van der Waals surface area (Å²) in [5.74, 6) is -0.989. The molecule has 2 rings (SSSR count). The van der Waals surface area contributed by atoms with Gasteiger partial charge in [-0.1, -0.05) is 6.42 Å². The van der Waals surface area contributed by atoms with E-state index >= 15 is 0 Å². The Labute approximate surface area is 167 Å². The Kier molecular flexibility index (Phi) is 8.29. The third-order valence-electron chi connectivity index (χ3n) is 4.80. The largest absolute Gasteiger partial charge is 0.454 e. The second-order valence-corrected chi connectivity index (χ2v) is 7.26. The van der Waals surface area contributed by atoms with Crippen molar-refractivity contribution in [1.82, 2.24) is 4.90 Å². The smallest absolute Gasteiger partial charge is 0.326 e. The van der Waals surface area contributed by atoms with Crippen molar-refractivity contribution in [2.45, 2.75) is 52.5 Å². The van der Waals surface area contributed by atoms with Crippen LogP contribution in [-0.4, -0.2) is 55.0 Å². The lowest BCUT2D eigenvalue weighted by atomic mass is 10.2. The molecule has 1 aromatic carbocycles. The normalized spacial score (nSPS) is 14.6. The van der Waals surface area contributed by atoms with Crippen molar-refractivity contribution in [3.8, 4) is 0 Å². The summed E-state index contributed by atoms with van der Waals surface area (Å²) in [6.07, 6.45) is 3.21. The lowest BCUT2D eigenvalue weighted by Crippen LogP contribution is -2.36. The van der Waals surface area contributed by atoms with Crippen LogP contribution in [0.25, 0.3) is 0 Å². The van der Waals surface area contributed by atoms with Crippen LogP contribution in [0, 0.1) is 0 Å². The number of amides is 2. The van der Waals surface area contributed by atoms with E-state index in [-0.39, 0.29) is 19.1 Å². The Morgan fingerprint density at radius 3 is 2.54 bits per heavy atom. The summed E-state index contributed by atoms with van der Waals surface area (Å²) >= 11 is 0. The van der Waals surface area contributed by atoms with Gasteiger partial charge in [-0.3, -0.25) is 14.4 Å². The number of esters is 1. The highest BCUT2D eigenvalue weighted by atomic mass is 16.5. The van der Waals surface area contributed by atoms with Crippen LogP contribution in [0.1, 0.15) is 46.5 Å². The first-order valence-electron chi connectivity index (χ1n) is 10.0. The summed E-state index contributed by atoms with van der Waals surface area (Å²) in [6, 6.07) is 7.96. The zero-order chi connectivity index (χ0) is 20.5. The van der Waals surface area contributed by atoms with Crippen LogP contribution in [0.5, 0.6) is 0 Å². The molecule has 0 saturated carbocycles. The Morgan fingerprint density at radius 2 is 1.89 bits per heavy atom. The number of carbonyl (C=O) groups excluding carboxylic acids is 3. The molecule has 0 aliphatic carbocycles. The zero-order valence-electron chi connectivity index (χ0n) is 17.1. The van der Waals surface area contributed by atoms with Crippen LogP contribution < -0.4 is 10.2 Å². The molecule has 1 fully saturated rings. The molecule has 0 spiro atoms. The van der Waals surface area contributed by atoms with E-state index in [0.717, 1.165) is 31.5 Å². The molecular weight excluding hydrogens is 358 g/mol. The second kappa shape index (κ2) is 10.7. The van der Waals surface area contributed by atoms with E-state index in [2.05, 4.69) is 31.0 Å². The standard InChI is InChI=1S/C21H31N3O4/c1-4-24(16(2)3)18-11-9-17(10-12-18)22-19(25)15-28-21(27)14-23-13-7-5-6-8-20(23)26/h9-12,16H,4-8,13-15H2,1-3H3,(H,22,25). The van der Waals surface area contributed by atoms with Crippen molar-refractivity contribution >= 4 is 29.2 Å². The van der Waals surface area contributed by atoms with Gasteiger partial charge < -0.3 is 19.9 Å². The number of hydrogen-bond acceptors (Lipinski definition) is 5. The lowest BCUT2D eigenvalue weighted by Gasteiger charge is -2.27. The molecule has 1 aliphatic rings. The predicted octanol–water partition coefficient (Wildman–Crippen LogP) is 2.81. The van der Waals surface area contributed by atoms with Crippen molar-refractivity contribution < 1.29 is 19.1 Å². The minimum Gasteiger partial charge on any atom is -0.454 e. The summed E-state index contributed by atoms with van der Waals surface area (Å²) in [7, 11) is 0. The lowest BCUT2D eigenvalue weighted by molar-refractivity contribution is -0.151. The Morgan fingerprint density at radius 1 is 1.18 bits per heavy atom. The first-order valence-corrected chi connectivity index (χ1v) is 10.0. The first-order chi connectivity index (χ1) is 13.4. The third kappa shape index (κ3) is 6.55. The van der Waals surface area contributed by atoms with Gasteiger partial charge in [0.25, 0.3) is 5.91 Å². The van der Waals surface area contributed by atoms with Gasteiger partial charge in [0.15, 0.2) is 6.61 Å². The Hall–Kier alpha value is -2.57. The number of nitrogens with zero attached hydrogens (tertiary/aromatic N) is 2. The highest BCUT2D eigenvalue weighted by Crippen LogP contribution is 2.19. The summed E-state index contributed by atoms with van der Waals surface area (Å²) < 4.78 is 5.03. The van der Waals surface area contributed by atoms with E-state index in [1.807, 2.05) is 24.3 Å². The molecule has 1 saturated heterocycles. The number of rotatable bonds is 8. The minimum absolute atomic E-state index is 0.0264. The van der Waals surface area contributed by atoms with Gasteiger partial charge in [-0.15, -0.1) is 0 Å². The molecule has 0 radical (unpaired) electrons. The van der Waals surface area contributed by atoms with Crippen LogP contribution in [0.2, 0.25) is 0 Å². The van der Waals surface area contributed by atoms with Gasteiger partial charge in [-0.2, -0.15) is 0 Å². The Balaban J connectivity index is 1.78. The van der Waals surface area contributed by atoms with Crippen LogP contribution in [0.3, 0.4) is 0 Å².